The first-order chi connectivity index (χ1) is 11.5. The topological polar surface area (TPSA) is 85.4 Å². The number of rotatable bonds is 4. The van der Waals surface area contributed by atoms with Crippen molar-refractivity contribution in [1.29, 1.82) is 0 Å². The minimum Gasteiger partial charge on any atom is -0.422 e. The van der Waals surface area contributed by atoms with Gasteiger partial charge in [0.2, 0.25) is 0 Å². The second-order valence-corrected chi connectivity index (χ2v) is 5.64. The predicted molar refractivity (Wildman–Crippen MR) is 92.4 cm³/mol. The molecular weight excluding hydrogens is 308 g/mol. The maximum Gasteiger partial charge on any atom is 0.336 e. The van der Waals surface area contributed by atoms with E-state index in [1.807, 2.05) is 26.0 Å². The van der Waals surface area contributed by atoms with Gasteiger partial charge < -0.3 is 9.73 Å². The average Bonchev–Trinajstić information content (AvgIpc) is 2.56. The lowest BCUT2D eigenvalue weighted by atomic mass is 10.0. The van der Waals surface area contributed by atoms with Crippen LogP contribution in [0.4, 0.5) is 11.4 Å². The van der Waals surface area contributed by atoms with Crippen molar-refractivity contribution in [1.82, 2.24) is 0 Å². The minimum absolute atomic E-state index is 0.0175. The third-order valence-electron chi connectivity index (χ3n) is 4.06. The van der Waals surface area contributed by atoms with Crippen LogP contribution in [-0.2, 0) is 6.54 Å². The molecule has 0 bridgehead atoms. The average molecular weight is 324 g/mol. The summed E-state index contributed by atoms with van der Waals surface area (Å²) in [5.41, 5.74) is 3.58. The zero-order valence-corrected chi connectivity index (χ0v) is 13.3. The Kier molecular flexibility index (Phi) is 4.04. The molecule has 6 nitrogen and oxygen atoms in total. The van der Waals surface area contributed by atoms with Crippen molar-refractivity contribution >= 4 is 22.3 Å². The molecule has 0 saturated heterocycles. The molecule has 0 aliphatic rings. The van der Waals surface area contributed by atoms with Gasteiger partial charge in [-0.05, 0) is 36.6 Å². The van der Waals surface area contributed by atoms with E-state index in [0.29, 0.717) is 17.8 Å². The van der Waals surface area contributed by atoms with Gasteiger partial charge in [-0.2, -0.15) is 0 Å². The monoisotopic (exact) mass is 324 g/mol. The minimum atomic E-state index is -0.441. The summed E-state index contributed by atoms with van der Waals surface area (Å²) in [6, 6.07) is 11.6. The molecule has 0 atom stereocenters. The molecule has 3 aromatic rings. The van der Waals surface area contributed by atoms with Crippen LogP contribution >= 0.6 is 0 Å². The number of benzene rings is 2. The summed E-state index contributed by atoms with van der Waals surface area (Å²) in [4.78, 5) is 22.2. The summed E-state index contributed by atoms with van der Waals surface area (Å²) in [6.07, 6.45) is 0. The standard InChI is InChI=1S/C18H16N2O4/c1-11-6-7-16-13(8-17(21)24-18(16)12(11)2)10-19-14-4-3-5-15(9-14)20(22)23/h3-9,19H,10H2,1-2H3. The fourth-order valence-corrected chi connectivity index (χ4v) is 2.60. The number of fused-ring (bicyclic) bond motifs is 1. The third-order valence-corrected chi connectivity index (χ3v) is 4.06. The lowest BCUT2D eigenvalue weighted by molar-refractivity contribution is -0.384. The van der Waals surface area contributed by atoms with E-state index in [1.54, 1.807) is 12.1 Å². The highest BCUT2D eigenvalue weighted by Crippen LogP contribution is 2.24. The van der Waals surface area contributed by atoms with Gasteiger partial charge in [-0.1, -0.05) is 18.2 Å². The SMILES string of the molecule is Cc1ccc2c(CNc3cccc([N+](=O)[O-])c3)cc(=O)oc2c1C. The maximum absolute atomic E-state index is 11.8. The van der Waals surface area contributed by atoms with Crippen molar-refractivity contribution in [3.05, 3.63) is 79.7 Å². The molecule has 24 heavy (non-hydrogen) atoms. The van der Waals surface area contributed by atoms with Crippen molar-refractivity contribution in [2.45, 2.75) is 20.4 Å². The summed E-state index contributed by atoms with van der Waals surface area (Å²) in [5, 5.41) is 14.8. The highest BCUT2D eigenvalue weighted by atomic mass is 16.6. The Hall–Kier alpha value is -3.15. The van der Waals surface area contributed by atoms with Crippen molar-refractivity contribution in [2.24, 2.45) is 0 Å². The number of hydrogen-bond acceptors (Lipinski definition) is 5. The molecule has 0 amide bonds. The van der Waals surface area contributed by atoms with E-state index in [4.69, 9.17) is 4.42 Å². The first kappa shape index (κ1) is 15.7. The highest BCUT2D eigenvalue weighted by Gasteiger charge is 2.10. The van der Waals surface area contributed by atoms with Crippen LogP contribution in [0.2, 0.25) is 0 Å². The molecule has 0 unspecified atom stereocenters. The van der Waals surface area contributed by atoms with Crippen LogP contribution in [0, 0.1) is 24.0 Å². The van der Waals surface area contributed by atoms with Crippen LogP contribution in [0.5, 0.6) is 0 Å². The highest BCUT2D eigenvalue weighted by molar-refractivity contribution is 5.84. The molecule has 1 aromatic heterocycles. The van der Waals surface area contributed by atoms with Crippen LogP contribution in [-0.4, -0.2) is 4.92 Å². The molecule has 0 saturated carbocycles. The fourth-order valence-electron chi connectivity index (χ4n) is 2.60. The second-order valence-electron chi connectivity index (χ2n) is 5.64. The number of nitrogens with zero attached hydrogens (tertiary/aromatic N) is 1. The number of nitro benzene ring substituents is 1. The van der Waals surface area contributed by atoms with Crippen molar-refractivity contribution in [3.8, 4) is 0 Å². The van der Waals surface area contributed by atoms with Gasteiger partial charge in [0.15, 0.2) is 0 Å². The van der Waals surface area contributed by atoms with Gasteiger partial charge in [0.1, 0.15) is 5.58 Å². The largest absolute Gasteiger partial charge is 0.422 e. The van der Waals surface area contributed by atoms with Gasteiger partial charge in [0.05, 0.1) is 4.92 Å². The smallest absolute Gasteiger partial charge is 0.336 e. The number of nitrogens with one attached hydrogen (secondary N) is 1. The van der Waals surface area contributed by atoms with Gasteiger partial charge >= 0.3 is 5.63 Å². The van der Waals surface area contributed by atoms with E-state index >= 15 is 0 Å². The van der Waals surface area contributed by atoms with Gasteiger partial charge in [-0.15, -0.1) is 0 Å². The van der Waals surface area contributed by atoms with Gasteiger partial charge in [0, 0.05) is 35.8 Å². The van der Waals surface area contributed by atoms with Crippen molar-refractivity contribution in [2.75, 3.05) is 5.32 Å². The molecule has 2 aromatic carbocycles. The van der Waals surface area contributed by atoms with Crippen molar-refractivity contribution in [3.63, 3.8) is 0 Å². The molecule has 122 valence electrons. The zero-order valence-electron chi connectivity index (χ0n) is 13.3. The predicted octanol–water partition coefficient (Wildman–Crippen LogP) is 3.93. The Morgan fingerprint density at radius 3 is 2.71 bits per heavy atom. The molecule has 3 rings (SSSR count). The Morgan fingerprint density at radius 2 is 1.96 bits per heavy atom. The van der Waals surface area contributed by atoms with E-state index < -0.39 is 10.5 Å². The molecule has 0 spiro atoms. The van der Waals surface area contributed by atoms with Crippen LogP contribution in [0.25, 0.3) is 11.0 Å². The van der Waals surface area contributed by atoms with E-state index in [9.17, 15) is 14.9 Å². The molecule has 0 aliphatic carbocycles. The first-order valence-electron chi connectivity index (χ1n) is 7.47. The van der Waals surface area contributed by atoms with Crippen LogP contribution in [0.15, 0.2) is 51.7 Å². The molecule has 1 heterocycles. The summed E-state index contributed by atoms with van der Waals surface area (Å²) < 4.78 is 5.34. The summed E-state index contributed by atoms with van der Waals surface area (Å²) in [6.45, 7) is 4.24. The van der Waals surface area contributed by atoms with Crippen LogP contribution < -0.4 is 10.9 Å². The molecule has 0 aliphatic heterocycles. The number of nitro groups is 1. The molecule has 0 radical (unpaired) electrons. The Morgan fingerprint density at radius 1 is 1.17 bits per heavy atom. The first-order valence-corrected chi connectivity index (χ1v) is 7.47. The summed E-state index contributed by atoms with van der Waals surface area (Å²) >= 11 is 0. The Bertz CT molecular complexity index is 992. The van der Waals surface area contributed by atoms with Gasteiger partial charge in [0.25, 0.3) is 5.69 Å². The molecule has 1 N–H and O–H groups in total. The van der Waals surface area contributed by atoms with Crippen LogP contribution in [0.3, 0.4) is 0 Å². The number of hydrogen-bond donors (Lipinski definition) is 1. The van der Waals surface area contributed by atoms with Gasteiger partial charge in [-0.25, -0.2) is 4.79 Å². The summed E-state index contributed by atoms with van der Waals surface area (Å²) in [5.74, 6) is 0. The molecule has 0 fully saturated rings. The second kappa shape index (κ2) is 6.16. The number of anilines is 1. The lowest BCUT2D eigenvalue weighted by Gasteiger charge is -2.10. The number of non-ortho nitro benzene ring substituents is 1. The maximum atomic E-state index is 11.8. The fraction of sp³-hybridized carbons (Fsp3) is 0.167. The van der Waals surface area contributed by atoms with Crippen molar-refractivity contribution < 1.29 is 9.34 Å². The Balaban J connectivity index is 1.96. The van der Waals surface area contributed by atoms with E-state index in [-0.39, 0.29) is 5.69 Å². The van der Waals surface area contributed by atoms with Crippen LogP contribution in [0.1, 0.15) is 16.7 Å². The normalized spacial score (nSPS) is 10.8. The number of aryl methyl sites for hydroxylation is 2. The molecule has 6 heteroatoms. The van der Waals surface area contributed by atoms with E-state index in [0.717, 1.165) is 22.1 Å². The van der Waals surface area contributed by atoms with Gasteiger partial charge in [-0.3, -0.25) is 10.1 Å². The lowest BCUT2D eigenvalue weighted by Crippen LogP contribution is -2.06. The quantitative estimate of drug-likeness (QED) is 0.446. The zero-order chi connectivity index (χ0) is 17.3. The molecular formula is C18H16N2O4. The Labute approximate surface area is 137 Å². The third kappa shape index (κ3) is 2.99. The summed E-state index contributed by atoms with van der Waals surface area (Å²) in [7, 11) is 0. The van der Waals surface area contributed by atoms with E-state index in [1.165, 1.54) is 18.2 Å². The van der Waals surface area contributed by atoms with E-state index in [2.05, 4.69) is 5.32 Å².